The van der Waals surface area contributed by atoms with E-state index in [2.05, 4.69) is 5.32 Å². The molecule has 0 aromatic heterocycles. The molecule has 2 unspecified atom stereocenters. The first kappa shape index (κ1) is 18.3. The van der Waals surface area contributed by atoms with Gasteiger partial charge in [-0.05, 0) is 53.8 Å². The smallest absolute Gasteiger partial charge is 0.225 e. The molecule has 2 aromatic rings. The second kappa shape index (κ2) is 7.19. The molecule has 1 heterocycles. The van der Waals surface area contributed by atoms with Crippen LogP contribution in [0.4, 0.5) is 8.78 Å². The molecule has 1 aliphatic heterocycles. The fourth-order valence-electron chi connectivity index (χ4n) is 4.14. The SMILES string of the molecule is COc1cccc(C2CC(=O)C3=C(C2)NC(=O)CC3c2cc(F)ccc2F)c1. The molecule has 0 saturated heterocycles. The Morgan fingerprint density at radius 2 is 1.86 bits per heavy atom. The van der Waals surface area contributed by atoms with Gasteiger partial charge in [-0.15, -0.1) is 0 Å². The number of allylic oxidation sites excluding steroid dienone is 2. The monoisotopic (exact) mass is 383 g/mol. The second-order valence-corrected chi connectivity index (χ2v) is 7.17. The highest BCUT2D eigenvalue weighted by Crippen LogP contribution is 2.43. The Morgan fingerprint density at radius 3 is 2.64 bits per heavy atom. The molecule has 0 radical (unpaired) electrons. The first-order valence-corrected chi connectivity index (χ1v) is 9.11. The van der Waals surface area contributed by atoms with Crippen LogP contribution in [0.1, 0.15) is 42.2 Å². The number of rotatable bonds is 3. The highest BCUT2D eigenvalue weighted by molar-refractivity contribution is 6.02. The average Bonchev–Trinajstić information content (AvgIpc) is 2.68. The van der Waals surface area contributed by atoms with Crippen LogP contribution >= 0.6 is 0 Å². The van der Waals surface area contributed by atoms with E-state index in [0.29, 0.717) is 23.4 Å². The van der Waals surface area contributed by atoms with Crippen molar-refractivity contribution in [1.29, 1.82) is 0 Å². The molecule has 144 valence electrons. The van der Waals surface area contributed by atoms with E-state index in [1.165, 1.54) is 0 Å². The van der Waals surface area contributed by atoms with E-state index >= 15 is 0 Å². The van der Waals surface area contributed by atoms with E-state index in [0.717, 1.165) is 23.8 Å². The van der Waals surface area contributed by atoms with Gasteiger partial charge in [0.15, 0.2) is 5.78 Å². The van der Waals surface area contributed by atoms with Gasteiger partial charge in [-0.1, -0.05) is 12.1 Å². The fraction of sp³-hybridized carbons (Fsp3) is 0.273. The van der Waals surface area contributed by atoms with Crippen LogP contribution in [0, 0.1) is 11.6 Å². The van der Waals surface area contributed by atoms with Crippen molar-refractivity contribution in [3.63, 3.8) is 0 Å². The predicted molar refractivity (Wildman–Crippen MR) is 98.9 cm³/mol. The molecular formula is C22H19F2NO3. The maximum atomic E-state index is 14.3. The molecule has 28 heavy (non-hydrogen) atoms. The van der Waals surface area contributed by atoms with Gasteiger partial charge in [0.1, 0.15) is 17.4 Å². The normalized spacial score (nSPS) is 22.0. The van der Waals surface area contributed by atoms with Gasteiger partial charge in [0.05, 0.1) is 7.11 Å². The lowest BCUT2D eigenvalue weighted by molar-refractivity contribution is -0.122. The number of nitrogens with one attached hydrogen (secondary N) is 1. The van der Waals surface area contributed by atoms with Crippen LogP contribution in [0.2, 0.25) is 0 Å². The molecule has 2 aliphatic rings. The zero-order valence-electron chi connectivity index (χ0n) is 15.3. The van der Waals surface area contributed by atoms with Crippen LogP contribution < -0.4 is 10.1 Å². The highest BCUT2D eigenvalue weighted by Gasteiger charge is 2.39. The molecule has 1 aliphatic carbocycles. The van der Waals surface area contributed by atoms with Crippen molar-refractivity contribution in [3.8, 4) is 5.75 Å². The Morgan fingerprint density at radius 1 is 1.04 bits per heavy atom. The molecule has 6 heteroatoms. The summed E-state index contributed by atoms with van der Waals surface area (Å²) in [6, 6.07) is 10.6. The van der Waals surface area contributed by atoms with Crippen molar-refractivity contribution in [2.45, 2.75) is 31.1 Å². The summed E-state index contributed by atoms with van der Waals surface area (Å²) < 4.78 is 33.3. The molecule has 1 amide bonds. The average molecular weight is 383 g/mol. The summed E-state index contributed by atoms with van der Waals surface area (Å²) in [5, 5.41) is 2.78. The molecule has 0 saturated carbocycles. The maximum absolute atomic E-state index is 14.3. The van der Waals surface area contributed by atoms with Crippen molar-refractivity contribution < 1.29 is 23.1 Å². The van der Waals surface area contributed by atoms with Gasteiger partial charge in [0.2, 0.25) is 5.91 Å². The Bertz CT molecular complexity index is 999. The van der Waals surface area contributed by atoms with Crippen LogP contribution in [-0.2, 0) is 9.59 Å². The molecule has 1 N–H and O–H groups in total. The van der Waals surface area contributed by atoms with Gasteiger partial charge in [0.25, 0.3) is 0 Å². The summed E-state index contributed by atoms with van der Waals surface area (Å²) in [4.78, 5) is 25.3. The van der Waals surface area contributed by atoms with Crippen molar-refractivity contribution >= 4 is 11.7 Å². The number of carbonyl (C=O) groups is 2. The van der Waals surface area contributed by atoms with Crippen LogP contribution in [0.3, 0.4) is 0 Å². The lowest BCUT2D eigenvalue weighted by atomic mass is 9.73. The molecular weight excluding hydrogens is 364 g/mol. The van der Waals surface area contributed by atoms with Gasteiger partial charge in [-0.25, -0.2) is 8.78 Å². The molecule has 0 spiro atoms. The van der Waals surface area contributed by atoms with Gasteiger partial charge in [-0.2, -0.15) is 0 Å². The van der Waals surface area contributed by atoms with Gasteiger partial charge >= 0.3 is 0 Å². The number of halogens is 2. The minimum absolute atomic E-state index is 0.0514. The van der Waals surface area contributed by atoms with E-state index in [4.69, 9.17) is 4.74 Å². The second-order valence-electron chi connectivity index (χ2n) is 7.17. The quantitative estimate of drug-likeness (QED) is 0.872. The number of hydrogen-bond donors (Lipinski definition) is 1. The van der Waals surface area contributed by atoms with Gasteiger partial charge in [-0.3, -0.25) is 9.59 Å². The summed E-state index contributed by atoms with van der Waals surface area (Å²) in [5.74, 6) is -1.85. The number of benzene rings is 2. The topological polar surface area (TPSA) is 55.4 Å². The first-order valence-electron chi connectivity index (χ1n) is 9.11. The molecule has 4 rings (SSSR count). The highest BCUT2D eigenvalue weighted by atomic mass is 19.1. The maximum Gasteiger partial charge on any atom is 0.225 e. The summed E-state index contributed by atoms with van der Waals surface area (Å²) >= 11 is 0. The number of carbonyl (C=O) groups excluding carboxylic acids is 2. The van der Waals surface area contributed by atoms with Crippen LogP contribution in [0.5, 0.6) is 5.75 Å². The number of ketones is 1. The van der Waals surface area contributed by atoms with Crippen molar-refractivity contribution in [2.24, 2.45) is 0 Å². The number of hydrogen-bond acceptors (Lipinski definition) is 3. The summed E-state index contributed by atoms with van der Waals surface area (Å²) in [6.45, 7) is 0. The number of amides is 1. The Hall–Kier alpha value is -3.02. The lowest BCUT2D eigenvalue weighted by Crippen LogP contribution is -2.38. The number of methoxy groups -OCH3 is 1. The van der Waals surface area contributed by atoms with E-state index in [1.54, 1.807) is 7.11 Å². The minimum Gasteiger partial charge on any atom is -0.497 e. The van der Waals surface area contributed by atoms with Gasteiger partial charge < -0.3 is 10.1 Å². The minimum atomic E-state index is -0.766. The van der Waals surface area contributed by atoms with Crippen LogP contribution in [0.25, 0.3) is 0 Å². The van der Waals surface area contributed by atoms with E-state index < -0.39 is 17.6 Å². The fourth-order valence-corrected chi connectivity index (χ4v) is 4.14. The number of Topliss-reactive ketones (excluding diaryl/α,β-unsaturated/α-hetero) is 1. The van der Waals surface area contributed by atoms with Crippen molar-refractivity contribution in [3.05, 3.63) is 76.5 Å². The van der Waals surface area contributed by atoms with E-state index in [-0.39, 0.29) is 36.0 Å². The molecule has 4 nitrogen and oxygen atoms in total. The van der Waals surface area contributed by atoms with Crippen LogP contribution in [0.15, 0.2) is 53.7 Å². The largest absolute Gasteiger partial charge is 0.497 e. The third-order valence-electron chi connectivity index (χ3n) is 5.43. The molecule has 2 aromatic carbocycles. The third kappa shape index (κ3) is 3.30. The Balaban J connectivity index is 1.73. The third-order valence-corrected chi connectivity index (χ3v) is 5.43. The number of ether oxygens (including phenoxy) is 1. The zero-order valence-corrected chi connectivity index (χ0v) is 15.3. The molecule has 0 bridgehead atoms. The van der Waals surface area contributed by atoms with Crippen molar-refractivity contribution in [1.82, 2.24) is 5.32 Å². The first-order chi connectivity index (χ1) is 13.5. The van der Waals surface area contributed by atoms with Gasteiger partial charge in [0, 0.05) is 30.0 Å². The van der Waals surface area contributed by atoms with Crippen molar-refractivity contribution in [2.75, 3.05) is 7.11 Å². The zero-order chi connectivity index (χ0) is 19.8. The Labute approximate surface area is 161 Å². The molecule has 0 fully saturated rings. The standard InChI is InChI=1S/C22H19F2NO3/c1-28-15-4-2-3-12(7-15)13-8-19-22(20(26)9-13)17(11-21(27)25-19)16-10-14(23)5-6-18(16)24/h2-7,10,13,17H,8-9,11H2,1H3,(H,25,27). The predicted octanol–water partition coefficient (Wildman–Crippen LogP) is 3.98. The summed E-state index contributed by atoms with van der Waals surface area (Å²) in [5.41, 5.74) is 1.89. The summed E-state index contributed by atoms with van der Waals surface area (Å²) in [7, 11) is 1.57. The molecule has 2 atom stereocenters. The Kier molecular flexibility index (Phi) is 4.71. The summed E-state index contributed by atoms with van der Waals surface area (Å²) in [6.07, 6.45) is 0.623. The van der Waals surface area contributed by atoms with E-state index in [9.17, 15) is 18.4 Å². The van der Waals surface area contributed by atoms with Crippen LogP contribution in [-0.4, -0.2) is 18.8 Å². The van der Waals surface area contributed by atoms with E-state index in [1.807, 2.05) is 24.3 Å². The lowest BCUT2D eigenvalue weighted by Gasteiger charge is -2.34.